The predicted octanol–water partition coefficient (Wildman–Crippen LogP) is -0.206. The van der Waals surface area contributed by atoms with Crippen molar-refractivity contribution in [2.45, 2.75) is 28.4 Å². The first-order valence-electron chi connectivity index (χ1n) is 6.13. The standard InChI is InChI=1S/C13H14BrNO5/c14-11-10(17)13(19,9(5-16)20-11)12(18)6-15-8-4-2-1-3-7(8)12/h1-4,6,9-11,16-19H,5H2/t9-,10+,11?,12?,13-/m1/s1. The van der Waals surface area contributed by atoms with E-state index in [-0.39, 0.29) is 0 Å². The highest BCUT2D eigenvalue weighted by atomic mass is 79.9. The first kappa shape index (κ1) is 14.1. The van der Waals surface area contributed by atoms with Gasteiger partial charge < -0.3 is 25.2 Å². The van der Waals surface area contributed by atoms with Gasteiger partial charge in [-0.3, -0.25) is 4.99 Å². The number of para-hydroxylation sites is 1. The molecule has 0 amide bonds. The minimum atomic E-state index is -2.11. The maximum atomic E-state index is 10.9. The van der Waals surface area contributed by atoms with Gasteiger partial charge in [-0.2, -0.15) is 0 Å². The Kier molecular flexibility index (Phi) is 3.24. The molecule has 0 aromatic heterocycles. The van der Waals surface area contributed by atoms with Crippen molar-refractivity contribution < 1.29 is 25.2 Å². The molecule has 1 aromatic carbocycles. The fraction of sp³-hybridized carbons (Fsp3) is 0.462. The third kappa shape index (κ3) is 1.59. The number of hydrogen-bond acceptors (Lipinski definition) is 6. The van der Waals surface area contributed by atoms with Crippen LogP contribution in [0.3, 0.4) is 0 Å². The molecular formula is C13H14BrNO5. The summed E-state index contributed by atoms with van der Waals surface area (Å²) in [6, 6.07) is 6.76. The van der Waals surface area contributed by atoms with Crippen LogP contribution in [0.25, 0.3) is 0 Å². The molecule has 3 rings (SSSR count). The Hall–Kier alpha value is -0.830. The van der Waals surface area contributed by atoms with Crippen molar-refractivity contribution in [3.05, 3.63) is 29.8 Å². The molecule has 2 unspecified atom stereocenters. The van der Waals surface area contributed by atoms with Gasteiger partial charge in [-0.25, -0.2) is 0 Å². The van der Waals surface area contributed by atoms with Crippen LogP contribution in [0, 0.1) is 0 Å². The van der Waals surface area contributed by atoms with Gasteiger partial charge in [-0.15, -0.1) is 0 Å². The van der Waals surface area contributed by atoms with Gasteiger partial charge in [0.25, 0.3) is 0 Å². The summed E-state index contributed by atoms with van der Waals surface area (Å²) in [5.74, 6) is 0. The molecule has 2 aliphatic rings. The predicted molar refractivity (Wildman–Crippen MR) is 74.1 cm³/mol. The molecule has 2 heterocycles. The molecule has 0 aliphatic carbocycles. The number of halogens is 1. The number of ether oxygens (including phenoxy) is 1. The zero-order valence-electron chi connectivity index (χ0n) is 10.3. The maximum Gasteiger partial charge on any atom is 0.161 e. The lowest BCUT2D eigenvalue weighted by molar-refractivity contribution is -0.184. The molecule has 0 saturated carbocycles. The van der Waals surface area contributed by atoms with Gasteiger partial charge in [0.05, 0.1) is 12.3 Å². The minimum absolute atomic E-state index is 0.366. The van der Waals surface area contributed by atoms with Crippen molar-refractivity contribution in [3.8, 4) is 0 Å². The summed E-state index contributed by atoms with van der Waals surface area (Å²) in [4.78, 5) is 4.07. The van der Waals surface area contributed by atoms with Crippen molar-refractivity contribution >= 4 is 27.8 Å². The van der Waals surface area contributed by atoms with Crippen LogP contribution in [0.5, 0.6) is 0 Å². The molecule has 0 bridgehead atoms. The second-order valence-electron chi connectivity index (χ2n) is 4.97. The molecule has 2 aliphatic heterocycles. The quantitative estimate of drug-likeness (QED) is 0.557. The number of aliphatic imine (C=N–C) groups is 1. The lowest BCUT2D eigenvalue weighted by atomic mass is 9.73. The molecule has 0 spiro atoms. The number of nitrogens with zero attached hydrogens (tertiary/aromatic N) is 1. The molecule has 108 valence electrons. The minimum Gasteiger partial charge on any atom is -0.394 e. The fourth-order valence-corrected chi connectivity index (χ4v) is 3.50. The van der Waals surface area contributed by atoms with Crippen LogP contribution in [0.4, 0.5) is 5.69 Å². The monoisotopic (exact) mass is 343 g/mol. The van der Waals surface area contributed by atoms with Gasteiger partial charge in [0, 0.05) is 11.8 Å². The maximum absolute atomic E-state index is 10.9. The van der Waals surface area contributed by atoms with Crippen LogP contribution in [-0.4, -0.2) is 56.1 Å². The van der Waals surface area contributed by atoms with Crippen LogP contribution in [-0.2, 0) is 10.3 Å². The summed E-state index contributed by atoms with van der Waals surface area (Å²) in [7, 11) is 0. The molecule has 5 atom stereocenters. The van der Waals surface area contributed by atoms with E-state index in [1.807, 2.05) is 0 Å². The van der Waals surface area contributed by atoms with Gasteiger partial charge in [-0.1, -0.05) is 34.1 Å². The average molecular weight is 344 g/mol. The molecule has 7 heteroatoms. The Labute approximate surface area is 123 Å². The van der Waals surface area contributed by atoms with E-state index in [1.165, 1.54) is 6.21 Å². The summed E-state index contributed by atoms with van der Waals surface area (Å²) in [6.07, 6.45) is -1.40. The van der Waals surface area contributed by atoms with Crippen molar-refractivity contribution in [1.82, 2.24) is 0 Å². The molecule has 0 radical (unpaired) electrons. The van der Waals surface area contributed by atoms with E-state index >= 15 is 0 Å². The van der Waals surface area contributed by atoms with Crippen LogP contribution < -0.4 is 0 Å². The summed E-state index contributed by atoms with van der Waals surface area (Å²) in [6.45, 7) is -0.548. The van der Waals surface area contributed by atoms with Crippen LogP contribution >= 0.6 is 15.9 Å². The topological polar surface area (TPSA) is 103 Å². The average Bonchev–Trinajstić information content (AvgIpc) is 2.92. The number of aliphatic hydroxyl groups is 4. The van der Waals surface area contributed by atoms with Crippen LogP contribution in [0.1, 0.15) is 5.56 Å². The summed E-state index contributed by atoms with van der Waals surface area (Å²) in [5, 5.41) is 40.5. The molecule has 6 nitrogen and oxygen atoms in total. The van der Waals surface area contributed by atoms with Crippen LogP contribution in [0.2, 0.25) is 0 Å². The van der Waals surface area contributed by atoms with Crippen molar-refractivity contribution in [1.29, 1.82) is 0 Å². The number of hydrogen-bond donors (Lipinski definition) is 4. The van der Waals surface area contributed by atoms with E-state index in [9.17, 15) is 20.4 Å². The van der Waals surface area contributed by atoms with Crippen LogP contribution in [0.15, 0.2) is 29.3 Å². The Balaban J connectivity index is 2.14. The highest BCUT2D eigenvalue weighted by Crippen LogP contribution is 2.49. The smallest absolute Gasteiger partial charge is 0.161 e. The van der Waals surface area contributed by atoms with Gasteiger partial charge in [0.1, 0.15) is 17.2 Å². The third-order valence-electron chi connectivity index (χ3n) is 3.97. The Bertz CT molecular complexity index is 567. The van der Waals surface area contributed by atoms with E-state index in [2.05, 4.69) is 20.9 Å². The second-order valence-corrected chi connectivity index (χ2v) is 5.87. The lowest BCUT2D eigenvalue weighted by Crippen LogP contribution is -2.64. The summed E-state index contributed by atoms with van der Waals surface area (Å²) < 4.78 is 5.28. The SMILES string of the molecule is OC[C@H]1OC(Br)[C@H](O)[C@@]1(O)C1(O)C=Nc2ccccc21. The van der Waals surface area contributed by atoms with Crippen molar-refractivity contribution in [3.63, 3.8) is 0 Å². The van der Waals surface area contributed by atoms with E-state index in [4.69, 9.17) is 4.74 Å². The van der Waals surface area contributed by atoms with Crippen molar-refractivity contribution in [2.24, 2.45) is 4.99 Å². The van der Waals surface area contributed by atoms with E-state index in [0.717, 1.165) is 0 Å². The summed E-state index contributed by atoms with van der Waals surface area (Å²) >= 11 is 3.07. The largest absolute Gasteiger partial charge is 0.394 e. The zero-order chi connectivity index (χ0) is 14.5. The number of alkyl halides is 1. The molecule has 20 heavy (non-hydrogen) atoms. The Morgan fingerprint density at radius 3 is 2.70 bits per heavy atom. The normalized spacial score (nSPS) is 43.0. The van der Waals surface area contributed by atoms with Gasteiger partial charge in [0.2, 0.25) is 0 Å². The third-order valence-corrected chi connectivity index (χ3v) is 4.68. The first-order chi connectivity index (χ1) is 9.45. The number of benzene rings is 1. The molecule has 1 aromatic rings. The molecule has 4 N–H and O–H groups in total. The lowest BCUT2D eigenvalue weighted by Gasteiger charge is -2.41. The molecule has 1 fully saturated rings. The zero-order valence-corrected chi connectivity index (χ0v) is 11.9. The highest BCUT2D eigenvalue weighted by Gasteiger charge is 2.66. The summed E-state index contributed by atoms with van der Waals surface area (Å²) in [5.41, 5.74) is -3.17. The molecule has 1 saturated heterocycles. The number of fused-ring (bicyclic) bond motifs is 1. The Morgan fingerprint density at radius 2 is 2.00 bits per heavy atom. The van der Waals surface area contributed by atoms with Gasteiger partial charge >= 0.3 is 0 Å². The van der Waals surface area contributed by atoms with E-state index < -0.39 is 35.0 Å². The fourth-order valence-electron chi connectivity index (χ4n) is 2.84. The van der Waals surface area contributed by atoms with Gasteiger partial charge in [-0.05, 0) is 6.07 Å². The highest BCUT2D eigenvalue weighted by molar-refractivity contribution is 9.09. The number of aliphatic hydroxyl groups excluding tert-OH is 2. The van der Waals surface area contributed by atoms with E-state index in [0.29, 0.717) is 11.3 Å². The van der Waals surface area contributed by atoms with Gasteiger partial charge in [0.15, 0.2) is 11.2 Å². The second kappa shape index (κ2) is 4.59. The first-order valence-corrected chi connectivity index (χ1v) is 7.04. The number of rotatable bonds is 2. The van der Waals surface area contributed by atoms with Crippen molar-refractivity contribution in [2.75, 3.05) is 6.61 Å². The Morgan fingerprint density at radius 1 is 1.30 bits per heavy atom. The van der Waals surface area contributed by atoms with E-state index in [1.54, 1.807) is 24.3 Å². The molecular weight excluding hydrogens is 330 g/mol.